The van der Waals surface area contributed by atoms with Crippen molar-refractivity contribution in [2.45, 2.75) is 0 Å². The normalized spacial score (nSPS) is 10.4. The summed E-state index contributed by atoms with van der Waals surface area (Å²) in [4.78, 5) is 0. The van der Waals surface area contributed by atoms with Crippen LogP contribution in [0.15, 0.2) is 30.3 Å². The van der Waals surface area contributed by atoms with Gasteiger partial charge in [0.15, 0.2) is 11.6 Å². The van der Waals surface area contributed by atoms with Crippen molar-refractivity contribution >= 4 is 23.2 Å². The summed E-state index contributed by atoms with van der Waals surface area (Å²) in [5.74, 6) is -0.450. The number of phenols is 1. The number of rotatable bonds is 2. The maximum absolute atomic E-state index is 13.6. The molecule has 2 nitrogen and oxygen atoms in total. The lowest BCUT2D eigenvalue weighted by Crippen LogP contribution is -1.89. The quantitative estimate of drug-likeness (QED) is 0.880. The van der Waals surface area contributed by atoms with E-state index >= 15 is 0 Å². The van der Waals surface area contributed by atoms with Crippen molar-refractivity contribution in [1.29, 1.82) is 0 Å². The summed E-state index contributed by atoms with van der Waals surface area (Å²) in [6.07, 6.45) is 0. The van der Waals surface area contributed by atoms with E-state index in [1.54, 1.807) is 6.07 Å². The number of ether oxygens (including phenoxy) is 1. The molecule has 5 heteroatoms. The predicted molar refractivity (Wildman–Crippen MR) is 70.1 cm³/mol. The Bertz CT molecular complexity index is 600. The number of aromatic hydroxyl groups is 1. The first-order valence-electron chi connectivity index (χ1n) is 5.05. The van der Waals surface area contributed by atoms with E-state index in [2.05, 4.69) is 0 Å². The maximum Gasteiger partial charge on any atom is 0.165 e. The van der Waals surface area contributed by atoms with Gasteiger partial charge in [0.2, 0.25) is 0 Å². The maximum atomic E-state index is 13.6. The van der Waals surface area contributed by atoms with Crippen molar-refractivity contribution in [3.05, 3.63) is 46.2 Å². The molecule has 0 radical (unpaired) electrons. The van der Waals surface area contributed by atoms with Crippen LogP contribution in [-0.2, 0) is 0 Å². The van der Waals surface area contributed by atoms with E-state index in [9.17, 15) is 9.50 Å². The van der Waals surface area contributed by atoms with Crippen LogP contribution in [0.5, 0.6) is 11.5 Å². The van der Waals surface area contributed by atoms with Crippen molar-refractivity contribution < 1.29 is 14.2 Å². The molecule has 2 aromatic rings. The zero-order chi connectivity index (χ0) is 13.3. The lowest BCUT2D eigenvalue weighted by Gasteiger charge is -2.08. The van der Waals surface area contributed by atoms with Gasteiger partial charge in [-0.05, 0) is 23.8 Å². The Kier molecular flexibility index (Phi) is 3.64. The fourth-order valence-corrected chi connectivity index (χ4v) is 2.02. The lowest BCUT2D eigenvalue weighted by molar-refractivity contribution is 0.386. The Hall–Kier alpha value is -1.45. The second-order valence-corrected chi connectivity index (χ2v) is 4.45. The van der Waals surface area contributed by atoms with Crippen LogP contribution >= 0.6 is 23.2 Å². The van der Waals surface area contributed by atoms with Gasteiger partial charge in [0.05, 0.1) is 17.2 Å². The Morgan fingerprint density at radius 3 is 2.44 bits per heavy atom. The van der Waals surface area contributed by atoms with Crippen LogP contribution in [0, 0.1) is 5.82 Å². The molecule has 0 aliphatic rings. The van der Waals surface area contributed by atoms with Gasteiger partial charge < -0.3 is 9.84 Å². The van der Waals surface area contributed by atoms with E-state index in [1.807, 2.05) is 0 Å². The molecule has 0 aliphatic heterocycles. The number of phenolic OH excluding ortho intramolecular Hbond substituents is 1. The molecule has 18 heavy (non-hydrogen) atoms. The number of hydrogen-bond acceptors (Lipinski definition) is 2. The van der Waals surface area contributed by atoms with Crippen molar-refractivity contribution in [3.8, 4) is 22.6 Å². The van der Waals surface area contributed by atoms with Gasteiger partial charge in [-0.1, -0.05) is 29.3 Å². The van der Waals surface area contributed by atoms with Crippen molar-refractivity contribution in [2.75, 3.05) is 7.11 Å². The zero-order valence-corrected chi connectivity index (χ0v) is 10.9. The van der Waals surface area contributed by atoms with E-state index in [0.717, 1.165) is 0 Å². The first-order valence-corrected chi connectivity index (χ1v) is 5.80. The van der Waals surface area contributed by atoms with Gasteiger partial charge in [0, 0.05) is 11.6 Å². The van der Waals surface area contributed by atoms with Gasteiger partial charge in [0.1, 0.15) is 5.75 Å². The first kappa shape index (κ1) is 13.0. The van der Waals surface area contributed by atoms with E-state index in [4.69, 9.17) is 27.9 Å². The molecule has 2 rings (SSSR count). The summed E-state index contributed by atoms with van der Waals surface area (Å²) in [6.45, 7) is 0. The minimum absolute atomic E-state index is 0.112. The molecule has 2 aromatic carbocycles. The molecule has 0 heterocycles. The molecule has 0 saturated carbocycles. The largest absolute Gasteiger partial charge is 0.506 e. The van der Waals surface area contributed by atoms with E-state index in [1.165, 1.54) is 31.4 Å². The van der Waals surface area contributed by atoms with Gasteiger partial charge >= 0.3 is 0 Å². The Balaban J connectivity index is 2.55. The summed E-state index contributed by atoms with van der Waals surface area (Å²) >= 11 is 11.8. The van der Waals surface area contributed by atoms with Crippen molar-refractivity contribution in [3.63, 3.8) is 0 Å². The average Bonchev–Trinajstić information content (AvgIpc) is 2.33. The molecular weight excluding hydrogens is 278 g/mol. The molecule has 0 spiro atoms. The standard InChI is InChI=1S/C13H9Cl2FO2/c1-18-13-3-2-7(4-11(13)16)8-5-10(15)12(17)6-9(8)14/h2-6,17H,1H3. The molecule has 94 valence electrons. The molecule has 0 saturated heterocycles. The zero-order valence-electron chi connectivity index (χ0n) is 9.38. The van der Waals surface area contributed by atoms with Gasteiger partial charge in [-0.25, -0.2) is 4.39 Å². The predicted octanol–water partition coefficient (Wildman–Crippen LogP) is 4.51. The van der Waals surface area contributed by atoms with Crippen LogP contribution in [0.4, 0.5) is 4.39 Å². The smallest absolute Gasteiger partial charge is 0.165 e. The fraction of sp³-hybridized carbons (Fsp3) is 0.0769. The molecule has 0 fully saturated rings. The highest BCUT2D eigenvalue weighted by Gasteiger charge is 2.11. The van der Waals surface area contributed by atoms with Crippen LogP contribution in [0.2, 0.25) is 10.0 Å². The molecule has 0 amide bonds. The SMILES string of the molecule is COc1ccc(-c2cc(Cl)c(O)cc2Cl)cc1F. The van der Waals surface area contributed by atoms with Crippen molar-refractivity contribution in [2.24, 2.45) is 0 Å². The Morgan fingerprint density at radius 2 is 1.83 bits per heavy atom. The fourth-order valence-electron chi connectivity index (χ4n) is 1.59. The Morgan fingerprint density at radius 1 is 1.11 bits per heavy atom. The summed E-state index contributed by atoms with van der Waals surface area (Å²) in [5.41, 5.74) is 1.10. The number of benzene rings is 2. The highest BCUT2D eigenvalue weighted by Crippen LogP contribution is 2.37. The topological polar surface area (TPSA) is 29.5 Å². The lowest BCUT2D eigenvalue weighted by atomic mass is 10.1. The molecule has 0 aliphatic carbocycles. The number of methoxy groups -OCH3 is 1. The summed E-state index contributed by atoms with van der Waals surface area (Å²) in [6, 6.07) is 7.27. The van der Waals surface area contributed by atoms with E-state index in [-0.39, 0.29) is 16.5 Å². The van der Waals surface area contributed by atoms with Crippen LogP contribution in [0.25, 0.3) is 11.1 Å². The molecular formula is C13H9Cl2FO2. The minimum Gasteiger partial charge on any atom is -0.506 e. The summed E-state index contributed by atoms with van der Waals surface area (Å²) in [5, 5.41) is 9.85. The highest BCUT2D eigenvalue weighted by atomic mass is 35.5. The van der Waals surface area contributed by atoms with Crippen LogP contribution in [0.3, 0.4) is 0 Å². The first-order chi connectivity index (χ1) is 8.52. The molecule has 0 unspecified atom stereocenters. The van der Waals surface area contributed by atoms with Crippen molar-refractivity contribution in [1.82, 2.24) is 0 Å². The van der Waals surface area contributed by atoms with Gasteiger partial charge in [-0.3, -0.25) is 0 Å². The molecule has 0 bridgehead atoms. The molecule has 0 atom stereocenters. The molecule has 1 N–H and O–H groups in total. The Labute approximate surface area is 114 Å². The van der Waals surface area contributed by atoms with Crippen LogP contribution < -0.4 is 4.74 Å². The summed E-state index contributed by atoms with van der Waals surface area (Å²) in [7, 11) is 1.39. The van der Waals surface area contributed by atoms with Gasteiger partial charge in [-0.2, -0.15) is 0 Å². The second-order valence-electron chi connectivity index (χ2n) is 3.63. The van der Waals surface area contributed by atoms with Crippen LogP contribution in [-0.4, -0.2) is 12.2 Å². The second kappa shape index (κ2) is 5.04. The van der Waals surface area contributed by atoms with E-state index < -0.39 is 5.82 Å². The van der Waals surface area contributed by atoms with Gasteiger partial charge in [-0.15, -0.1) is 0 Å². The minimum atomic E-state index is -0.490. The highest BCUT2D eigenvalue weighted by molar-refractivity contribution is 6.36. The van der Waals surface area contributed by atoms with Crippen LogP contribution in [0.1, 0.15) is 0 Å². The monoisotopic (exact) mass is 286 g/mol. The third kappa shape index (κ3) is 2.37. The number of halogens is 3. The molecule has 0 aromatic heterocycles. The van der Waals surface area contributed by atoms with Gasteiger partial charge in [0.25, 0.3) is 0 Å². The average molecular weight is 287 g/mol. The number of hydrogen-bond donors (Lipinski definition) is 1. The third-order valence-corrected chi connectivity index (χ3v) is 3.11. The van der Waals surface area contributed by atoms with E-state index in [0.29, 0.717) is 16.1 Å². The third-order valence-electron chi connectivity index (χ3n) is 2.50. The summed E-state index contributed by atoms with van der Waals surface area (Å²) < 4.78 is 18.4.